The van der Waals surface area contributed by atoms with Gasteiger partial charge >= 0.3 is 6.18 Å². The number of rotatable bonds is 4. The lowest BCUT2D eigenvalue weighted by molar-refractivity contribution is -0.165. The van der Waals surface area contributed by atoms with Crippen LogP contribution in [0.15, 0.2) is 0 Å². The van der Waals surface area contributed by atoms with Gasteiger partial charge in [0.1, 0.15) is 0 Å². The molecule has 1 rings (SSSR count). The van der Waals surface area contributed by atoms with Crippen molar-refractivity contribution in [2.45, 2.75) is 37.9 Å². The second-order valence-corrected chi connectivity index (χ2v) is 4.38. The van der Waals surface area contributed by atoms with Crippen LogP contribution in [0.5, 0.6) is 0 Å². The highest BCUT2D eigenvalue weighted by Gasteiger charge is 2.41. The second-order valence-electron chi connectivity index (χ2n) is 4.38. The maximum absolute atomic E-state index is 12.5. The predicted molar refractivity (Wildman–Crippen MR) is 56.1 cm³/mol. The van der Waals surface area contributed by atoms with Crippen molar-refractivity contribution >= 4 is 0 Å². The van der Waals surface area contributed by atoms with Gasteiger partial charge in [0.25, 0.3) is 0 Å². The fourth-order valence-corrected chi connectivity index (χ4v) is 2.23. The predicted octanol–water partition coefficient (Wildman–Crippen LogP) is 1.93. The van der Waals surface area contributed by atoms with E-state index in [9.17, 15) is 13.2 Å². The van der Waals surface area contributed by atoms with Gasteiger partial charge in [-0.15, -0.1) is 0 Å². The Morgan fingerprint density at radius 1 is 1.41 bits per heavy atom. The number of halogens is 3. The zero-order valence-corrected chi connectivity index (χ0v) is 9.58. The Balaban J connectivity index is 2.60. The lowest BCUT2D eigenvalue weighted by Crippen LogP contribution is -2.45. The molecule has 0 bridgehead atoms. The minimum Gasteiger partial charge on any atom is -0.396 e. The summed E-state index contributed by atoms with van der Waals surface area (Å²) in [6, 6.07) is 1.30. The molecule has 0 aromatic rings. The van der Waals surface area contributed by atoms with Crippen LogP contribution in [0.1, 0.15) is 25.7 Å². The largest absolute Gasteiger partial charge is 0.405 e. The molecule has 1 heterocycles. The summed E-state index contributed by atoms with van der Waals surface area (Å²) in [6.07, 6.45) is -1.34. The average Bonchev–Trinajstić information content (AvgIpc) is 2.26. The number of piperidine rings is 1. The molecular formula is C11H17F3N2O. The van der Waals surface area contributed by atoms with Crippen LogP contribution in [0.25, 0.3) is 0 Å². The van der Waals surface area contributed by atoms with E-state index in [0.717, 1.165) is 19.3 Å². The lowest BCUT2D eigenvalue weighted by atomic mass is 9.98. The van der Waals surface area contributed by atoms with Gasteiger partial charge in [-0.25, -0.2) is 0 Å². The maximum Gasteiger partial charge on any atom is 0.405 e. The highest BCUT2D eigenvalue weighted by Crippen LogP contribution is 2.29. The van der Waals surface area contributed by atoms with E-state index < -0.39 is 12.1 Å². The first-order valence-corrected chi connectivity index (χ1v) is 5.80. The minimum atomic E-state index is -4.46. The van der Waals surface area contributed by atoms with Gasteiger partial charge in [0.05, 0.1) is 6.07 Å². The fourth-order valence-electron chi connectivity index (χ4n) is 2.23. The zero-order chi connectivity index (χ0) is 12.9. The number of aliphatic hydroxyl groups is 1. The topological polar surface area (TPSA) is 47.3 Å². The van der Waals surface area contributed by atoms with E-state index >= 15 is 0 Å². The van der Waals surface area contributed by atoms with Crippen molar-refractivity contribution in [1.29, 1.82) is 5.26 Å². The first kappa shape index (κ1) is 14.3. The van der Waals surface area contributed by atoms with Crippen molar-refractivity contribution in [3.8, 4) is 6.07 Å². The van der Waals surface area contributed by atoms with Crippen LogP contribution in [0, 0.1) is 17.2 Å². The summed E-state index contributed by atoms with van der Waals surface area (Å²) in [5, 5.41) is 17.4. The third-order valence-corrected chi connectivity index (χ3v) is 3.18. The van der Waals surface area contributed by atoms with E-state index in [2.05, 4.69) is 0 Å². The quantitative estimate of drug-likeness (QED) is 0.829. The van der Waals surface area contributed by atoms with Gasteiger partial charge in [0.2, 0.25) is 0 Å². The molecule has 0 saturated carbocycles. The zero-order valence-electron chi connectivity index (χ0n) is 9.58. The molecule has 0 radical (unpaired) electrons. The fraction of sp³-hybridized carbons (Fsp3) is 0.909. The summed E-state index contributed by atoms with van der Waals surface area (Å²) in [7, 11) is 0. The van der Waals surface area contributed by atoms with Gasteiger partial charge in [-0.05, 0) is 25.8 Å². The molecule has 2 atom stereocenters. The summed E-state index contributed by atoms with van der Waals surface area (Å²) in [5.74, 6) is -1.93. The third kappa shape index (κ3) is 4.17. The summed E-state index contributed by atoms with van der Waals surface area (Å²) in [5.41, 5.74) is 0. The second kappa shape index (κ2) is 6.22. The van der Waals surface area contributed by atoms with E-state index in [4.69, 9.17) is 10.4 Å². The first-order chi connectivity index (χ1) is 7.99. The van der Waals surface area contributed by atoms with Crippen LogP contribution < -0.4 is 0 Å². The van der Waals surface area contributed by atoms with Gasteiger partial charge < -0.3 is 5.11 Å². The number of likely N-dealkylation sites (tertiary alicyclic amines) is 1. The Kier molecular flexibility index (Phi) is 5.22. The Morgan fingerprint density at radius 2 is 2.12 bits per heavy atom. The molecule has 3 nitrogen and oxygen atoms in total. The molecule has 2 unspecified atom stereocenters. The molecule has 0 aromatic heterocycles. The third-order valence-electron chi connectivity index (χ3n) is 3.18. The summed E-state index contributed by atoms with van der Waals surface area (Å²) >= 11 is 0. The first-order valence-electron chi connectivity index (χ1n) is 5.80. The van der Waals surface area contributed by atoms with Crippen LogP contribution in [0.2, 0.25) is 0 Å². The molecule has 17 heavy (non-hydrogen) atoms. The van der Waals surface area contributed by atoms with Crippen molar-refractivity contribution < 1.29 is 18.3 Å². The Hall–Kier alpha value is -0.800. The molecule has 1 saturated heterocycles. The van der Waals surface area contributed by atoms with Crippen molar-refractivity contribution in [1.82, 2.24) is 4.90 Å². The summed E-state index contributed by atoms with van der Waals surface area (Å²) in [6.45, 7) is 0.286. The van der Waals surface area contributed by atoms with Crippen LogP contribution in [0.4, 0.5) is 13.2 Å². The van der Waals surface area contributed by atoms with E-state index in [1.807, 2.05) is 0 Å². The Bertz CT molecular complexity index is 273. The van der Waals surface area contributed by atoms with Crippen molar-refractivity contribution in [3.63, 3.8) is 0 Å². The van der Waals surface area contributed by atoms with E-state index in [-0.39, 0.29) is 19.2 Å². The highest BCUT2D eigenvalue weighted by atomic mass is 19.4. The molecule has 0 aromatic carbocycles. The number of aliphatic hydroxyl groups excluding tert-OH is 1. The molecule has 0 spiro atoms. The van der Waals surface area contributed by atoms with E-state index in [1.165, 1.54) is 6.07 Å². The molecule has 1 aliphatic heterocycles. The average molecular weight is 250 g/mol. The van der Waals surface area contributed by atoms with E-state index in [1.54, 1.807) is 4.90 Å². The van der Waals surface area contributed by atoms with Crippen molar-refractivity contribution in [2.24, 2.45) is 5.92 Å². The molecule has 1 N–H and O–H groups in total. The summed E-state index contributed by atoms with van der Waals surface area (Å²) in [4.78, 5) is 1.70. The van der Waals surface area contributed by atoms with Gasteiger partial charge in [-0.1, -0.05) is 6.42 Å². The van der Waals surface area contributed by atoms with Crippen LogP contribution in [-0.4, -0.2) is 41.9 Å². The molecular weight excluding hydrogens is 233 g/mol. The van der Waals surface area contributed by atoms with Crippen LogP contribution >= 0.6 is 0 Å². The Labute approximate surface area is 98.8 Å². The van der Waals surface area contributed by atoms with Gasteiger partial charge in [-0.2, -0.15) is 18.4 Å². The minimum absolute atomic E-state index is 0.0213. The summed E-state index contributed by atoms with van der Waals surface area (Å²) < 4.78 is 37.5. The molecule has 6 heteroatoms. The molecule has 0 aliphatic carbocycles. The highest BCUT2D eigenvalue weighted by molar-refractivity contribution is 4.92. The number of hydrogen-bond donors (Lipinski definition) is 1. The SMILES string of the molecule is N#CC(CN1CCCCC1CCO)C(F)(F)F. The number of alkyl halides is 3. The molecule has 0 amide bonds. The number of nitriles is 1. The van der Waals surface area contributed by atoms with Crippen molar-refractivity contribution in [2.75, 3.05) is 19.7 Å². The van der Waals surface area contributed by atoms with Gasteiger partial charge in [0.15, 0.2) is 5.92 Å². The van der Waals surface area contributed by atoms with Gasteiger partial charge in [-0.3, -0.25) is 4.90 Å². The number of nitrogens with zero attached hydrogens (tertiary/aromatic N) is 2. The van der Waals surface area contributed by atoms with Crippen LogP contribution in [0.3, 0.4) is 0 Å². The Morgan fingerprint density at radius 3 is 2.65 bits per heavy atom. The molecule has 1 fully saturated rings. The normalized spacial score (nSPS) is 24.3. The molecule has 98 valence electrons. The van der Waals surface area contributed by atoms with Crippen LogP contribution in [-0.2, 0) is 0 Å². The smallest absolute Gasteiger partial charge is 0.396 e. The standard InChI is InChI=1S/C11H17F3N2O/c12-11(13,14)9(7-15)8-16-5-2-1-3-10(16)4-6-17/h9-10,17H,1-6,8H2. The molecule has 1 aliphatic rings. The monoisotopic (exact) mass is 250 g/mol. The van der Waals surface area contributed by atoms with E-state index in [0.29, 0.717) is 13.0 Å². The number of hydrogen-bond acceptors (Lipinski definition) is 3. The lowest BCUT2D eigenvalue weighted by Gasteiger charge is -2.36. The maximum atomic E-state index is 12.5. The van der Waals surface area contributed by atoms with Crippen molar-refractivity contribution in [3.05, 3.63) is 0 Å². The van der Waals surface area contributed by atoms with Gasteiger partial charge in [0, 0.05) is 19.2 Å².